The smallest absolute Gasteiger partial charge is 0.462 e. The van der Waals surface area contributed by atoms with Gasteiger partial charge in [0, 0.05) is 25.7 Å². The quantitative estimate of drug-likeness (QED) is 0.0222. The molecule has 0 heterocycles. The maximum Gasteiger partial charge on any atom is 0.472 e. The van der Waals surface area contributed by atoms with Crippen molar-refractivity contribution in [2.45, 2.75) is 349 Å². The lowest BCUT2D eigenvalue weighted by Gasteiger charge is -2.21. The summed E-state index contributed by atoms with van der Waals surface area (Å²) in [7, 11) is -9.89. The Morgan fingerprint density at radius 2 is 0.593 bits per heavy atom. The first-order chi connectivity index (χ1) is 41.3. The van der Waals surface area contributed by atoms with Gasteiger partial charge in [-0.2, -0.15) is 0 Å². The number of carbonyl (C=O) groups excluding carboxylic acids is 4. The predicted octanol–water partition coefficient (Wildman–Crippen LogP) is 18.7. The molecule has 510 valence electrons. The van der Waals surface area contributed by atoms with E-state index in [1.165, 1.54) is 135 Å². The summed E-state index contributed by atoms with van der Waals surface area (Å²) in [6.07, 6.45) is 40.3. The Balaban J connectivity index is 5.25. The number of rotatable bonds is 65. The van der Waals surface area contributed by atoms with Gasteiger partial charge in [0.1, 0.15) is 19.3 Å². The summed E-state index contributed by atoms with van der Waals surface area (Å²) in [5.41, 5.74) is 0. The van der Waals surface area contributed by atoms with Crippen LogP contribution in [0.2, 0.25) is 0 Å². The molecule has 19 heteroatoms. The molecule has 0 aromatic heterocycles. The van der Waals surface area contributed by atoms with E-state index in [9.17, 15) is 43.2 Å². The third-order valence-corrected chi connectivity index (χ3v) is 17.6. The van der Waals surface area contributed by atoms with Crippen molar-refractivity contribution in [1.29, 1.82) is 0 Å². The molecule has 0 spiro atoms. The van der Waals surface area contributed by atoms with Gasteiger partial charge in [0.15, 0.2) is 12.2 Å². The first kappa shape index (κ1) is 84.1. The van der Waals surface area contributed by atoms with Crippen LogP contribution in [0.5, 0.6) is 0 Å². The van der Waals surface area contributed by atoms with Gasteiger partial charge in [-0.25, -0.2) is 9.13 Å². The number of carbonyl (C=O) groups is 4. The van der Waals surface area contributed by atoms with Crippen molar-refractivity contribution in [3.8, 4) is 0 Å². The highest BCUT2D eigenvalue weighted by Crippen LogP contribution is 2.45. The molecule has 0 amide bonds. The molecule has 0 aliphatic heterocycles. The van der Waals surface area contributed by atoms with Crippen LogP contribution in [-0.4, -0.2) is 96.7 Å². The largest absolute Gasteiger partial charge is 0.472 e. The summed E-state index contributed by atoms with van der Waals surface area (Å²) < 4.78 is 68.1. The first-order valence-electron chi connectivity index (χ1n) is 34.9. The Morgan fingerprint density at radius 3 is 0.884 bits per heavy atom. The summed E-state index contributed by atoms with van der Waals surface area (Å²) in [4.78, 5) is 72.3. The lowest BCUT2D eigenvalue weighted by Crippen LogP contribution is -2.30. The average molecular weight is 1270 g/mol. The molecular weight excluding hydrogens is 1140 g/mol. The second-order valence-corrected chi connectivity index (χ2v) is 28.3. The molecule has 86 heavy (non-hydrogen) atoms. The minimum atomic E-state index is -4.95. The molecule has 0 saturated heterocycles. The zero-order valence-electron chi connectivity index (χ0n) is 55.8. The van der Waals surface area contributed by atoms with Gasteiger partial charge >= 0.3 is 39.5 Å². The fourth-order valence-corrected chi connectivity index (χ4v) is 11.6. The number of phosphoric acid groups is 2. The molecule has 0 saturated carbocycles. The summed E-state index contributed by atoms with van der Waals surface area (Å²) in [6, 6.07) is 0. The maximum absolute atomic E-state index is 13.0. The Hall–Kier alpha value is -1.94. The van der Waals surface area contributed by atoms with E-state index < -0.39 is 97.5 Å². The van der Waals surface area contributed by atoms with E-state index in [-0.39, 0.29) is 25.7 Å². The van der Waals surface area contributed by atoms with Crippen molar-refractivity contribution < 1.29 is 80.2 Å². The lowest BCUT2D eigenvalue weighted by atomic mass is 9.99. The third kappa shape index (κ3) is 59.7. The molecule has 0 fully saturated rings. The van der Waals surface area contributed by atoms with Crippen LogP contribution in [0.4, 0.5) is 0 Å². The van der Waals surface area contributed by atoms with Gasteiger partial charge in [-0.15, -0.1) is 0 Å². The van der Waals surface area contributed by atoms with E-state index in [1.807, 2.05) is 0 Å². The fraction of sp³-hybridized carbons (Fsp3) is 0.940. The van der Waals surface area contributed by atoms with E-state index in [4.69, 9.17) is 37.0 Å². The molecule has 0 aliphatic carbocycles. The van der Waals surface area contributed by atoms with Gasteiger partial charge in [0.05, 0.1) is 26.4 Å². The van der Waals surface area contributed by atoms with Gasteiger partial charge in [-0.3, -0.25) is 37.3 Å². The predicted molar refractivity (Wildman–Crippen MR) is 344 cm³/mol. The van der Waals surface area contributed by atoms with Crippen molar-refractivity contribution in [3.05, 3.63) is 0 Å². The number of phosphoric ester groups is 2. The van der Waals surface area contributed by atoms with Crippen LogP contribution < -0.4 is 0 Å². The number of aliphatic hydroxyl groups excluding tert-OH is 1. The number of hydrogen-bond donors (Lipinski definition) is 3. The molecule has 0 aromatic rings. The number of esters is 4. The standard InChI is InChI=1S/C67H130O17P2/c1-8-10-11-12-13-14-15-21-27-36-43-50-66(71)84-63(55-78-65(70)49-42-35-30-29-32-39-46-59(5)6)57-82-86(75,76)80-53-61(68)52-79-85(73,74)81-56-62(54-77-64(69)48-41-34-26-23-18-19-24-31-38-45-58(3)4)83-67(72)51-44-37-28-22-17-16-20-25-33-40-47-60(7)9-2/h58-63,68H,8-57H2,1-7H3,(H,73,74)(H,75,76)/t60?,61-,62-,63-/m1/s1. The highest BCUT2D eigenvalue weighted by atomic mass is 31.2. The van der Waals surface area contributed by atoms with E-state index >= 15 is 0 Å². The Morgan fingerprint density at radius 1 is 0.337 bits per heavy atom. The minimum absolute atomic E-state index is 0.105. The summed E-state index contributed by atoms with van der Waals surface area (Å²) in [5.74, 6) is 0.0944. The normalized spacial score (nSPS) is 14.6. The van der Waals surface area contributed by atoms with Crippen molar-refractivity contribution in [1.82, 2.24) is 0 Å². The minimum Gasteiger partial charge on any atom is -0.462 e. The fourth-order valence-electron chi connectivity index (χ4n) is 9.98. The van der Waals surface area contributed by atoms with E-state index in [0.717, 1.165) is 108 Å². The molecule has 0 rings (SSSR count). The molecule has 17 nitrogen and oxygen atoms in total. The first-order valence-corrected chi connectivity index (χ1v) is 37.9. The number of aliphatic hydroxyl groups is 1. The molecule has 0 radical (unpaired) electrons. The zero-order chi connectivity index (χ0) is 63.8. The van der Waals surface area contributed by atoms with E-state index in [1.54, 1.807) is 0 Å². The van der Waals surface area contributed by atoms with Crippen molar-refractivity contribution in [2.24, 2.45) is 17.8 Å². The van der Waals surface area contributed by atoms with E-state index in [2.05, 4.69) is 48.5 Å². The van der Waals surface area contributed by atoms with Crippen molar-refractivity contribution in [2.75, 3.05) is 39.6 Å². The van der Waals surface area contributed by atoms with Crippen molar-refractivity contribution >= 4 is 39.5 Å². The topological polar surface area (TPSA) is 237 Å². The summed E-state index contributed by atoms with van der Waals surface area (Å²) in [5, 5.41) is 10.6. The van der Waals surface area contributed by atoms with Gasteiger partial charge in [0.2, 0.25) is 0 Å². The van der Waals surface area contributed by atoms with E-state index in [0.29, 0.717) is 31.6 Å². The molecule has 3 N–H and O–H groups in total. The number of unbranched alkanes of at least 4 members (excludes halogenated alkanes) is 32. The Kier molecular flexibility index (Phi) is 56.9. The highest BCUT2D eigenvalue weighted by Gasteiger charge is 2.30. The second kappa shape index (κ2) is 58.2. The molecule has 0 aromatic carbocycles. The zero-order valence-corrected chi connectivity index (χ0v) is 57.6. The van der Waals surface area contributed by atoms with Crippen LogP contribution in [0.15, 0.2) is 0 Å². The van der Waals surface area contributed by atoms with Gasteiger partial charge in [-0.05, 0) is 43.4 Å². The second-order valence-electron chi connectivity index (χ2n) is 25.4. The van der Waals surface area contributed by atoms with Crippen LogP contribution in [-0.2, 0) is 65.4 Å². The SMILES string of the molecule is CCCCCCCCCCCCCC(=O)O[C@H](COC(=O)CCCCCCCCC(C)C)COP(=O)(O)OC[C@H](O)COP(=O)(O)OC[C@@H](COC(=O)CCCCCCCCCCCC(C)C)OC(=O)CCCCCCCCCCCCC(C)CC. The molecular formula is C67H130O17P2. The summed E-state index contributed by atoms with van der Waals surface area (Å²) >= 11 is 0. The molecule has 3 unspecified atom stereocenters. The van der Waals surface area contributed by atoms with Crippen LogP contribution in [0, 0.1) is 17.8 Å². The van der Waals surface area contributed by atoms with Crippen LogP contribution in [0.3, 0.4) is 0 Å². The molecule has 6 atom stereocenters. The Bertz CT molecular complexity index is 1700. The highest BCUT2D eigenvalue weighted by molar-refractivity contribution is 7.47. The van der Waals surface area contributed by atoms with Crippen molar-refractivity contribution in [3.63, 3.8) is 0 Å². The summed E-state index contributed by atoms with van der Waals surface area (Å²) in [6.45, 7) is 11.7. The maximum atomic E-state index is 13.0. The molecule has 0 aliphatic rings. The number of hydrogen-bond acceptors (Lipinski definition) is 15. The van der Waals surface area contributed by atoms with Crippen LogP contribution in [0.1, 0.15) is 331 Å². The van der Waals surface area contributed by atoms with Gasteiger partial charge in [0.25, 0.3) is 0 Å². The van der Waals surface area contributed by atoms with Crippen LogP contribution >= 0.6 is 15.6 Å². The average Bonchev–Trinajstić information content (AvgIpc) is 3.47. The number of ether oxygens (including phenoxy) is 4. The lowest BCUT2D eigenvalue weighted by molar-refractivity contribution is -0.161. The van der Waals surface area contributed by atoms with Gasteiger partial charge < -0.3 is 33.8 Å². The van der Waals surface area contributed by atoms with Gasteiger partial charge in [-0.1, -0.05) is 280 Å². The molecule has 0 bridgehead atoms. The Labute approximate surface area is 524 Å². The van der Waals surface area contributed by atoms with Crippen LogP contribution in [0.25, 0.3) is 0 Å². The monoisotopic (exact) mass is 1270 g/mol. The third-order valence-electron chi connectivity index (χ3n) is 15.7.